The molecule has 1 atom stereocenters. The van der Waals surface area contributed by atoms with Crippen molar-refractivity contribution in [2.75, 3.05) is 24.5 Å². The van der Waals surface area contributed by atoms with E-state index in [-0.39, 0.29) is 12.1 Å². The van der Waals surface area contributed by atoms with Crippen LogP contribution in [0.25, 0.3) is 11.2 Å². The number of nitrogens with zero attached hydrogens (tertiary/aromatic N) is 5. The summed E-state index contributed by atoms with van der Waals surface area (Å²) in [5.41, 5.74) is 0.510. The van der Waals surface area contributed by atoms with Crippen LogP contribution >= 0.6 is 23.2 Å². The lowest BCUT2D eigenvalue weighted by atomic mass is 10.2. The van der Waals surface area contributed by atoms with E-state index < -0.39 is 5.60 Å². The van der Waals surface area contributed by atoms with Gasteiger partial charge < -0.3 is 14.5 Å². The first kappa shape index (κ1) is 18.9. The Kier molecular flexibility index (Phi) is 5.12. The first-order valence-electron chi connectivity index (χ1n) is 8.37. The van der Waals surface area contributed by atoms with E-state index in [0.29, 0.717) is 46.8 Å². The second-order valence-electron chi connectivity index (χ2n) is 7.30. The van der Waals surface area contributed by atoms with Crippen LogP contribution in [0.2, 0.25) is 10.2 Å². The Balaban J connectivity index is 1.78. The molecule has 0 N–H and O–H groups in total. The normalized spacial score (nSPS) is 18.3. The van der Waals surface area contributed by atoms with Crippen molar-refractivity contribution in [1.29, 1.82) is 0 Å². The lowest BCUT2D eigenvalue weighted by Gasteiger charge is -2.40. The molecular weight excluding hydrogens is 377 g/mol. The van der Waals surface area contributed by atoms with Crippen LogP contribution in [0.3, 0.4) is 0 Å². The standard InChI is InChI=1S/C17H21Cl2N5O2/c1-10-9-23(5-6-24(10)16(25)26-17(2,3)4)15-13(19)21-12-7-11(18)8-20-14(12)22-15/h7-8,10H,5-6,9H2,1-4H3/t10-/m0/s1. The van der Waals surface area contributed by atoms with Crippen molar-refractivity contribution in [3.05, 3.63) is 22.4 Å². The van der Waals surface area contributed by atoms with E-state index >= 15 is 0 Å². The number of halogens is 2. The third-order valence-electron chi connectivity index (χ3n) is 3.98. The Hall–Kier alpha value is -1.86. The highest BCUT2D eigenvalue weighted by molar-refractivity contribution is 6.32. The van der Waals surface area contributed by atoms with Gasteiger partial charge in [-0.05, 0) is 33.8 Å². The highest BCUT2D eigenvalue weighted by atomic mass is 35.5. The highest BCUT2D eigenvalue weighted by Gasteiger charge is 2.32. The molecule has 140 valence electrons. The van der Waals surface area contributed by atoms with Crippen LogP contribution in [0.5, 0.6) is 0 Å². The van der Waals surface area contributed by atoms with Gasteiger partial charge in [0.05, 0.1) is 5.02 Å². The molecule has 0 saturated carbocycles. The average molecular weight is 398 g/mol. The maximum Gasteiger partial charge on any atom is 0.410 e. The Morgan fingerprint density at radius 1 is 1.27 bits per heavy atom. The highest BCUT2D eigenvalue weighted by Crippen LogP contribution is 2.27. The van der Waals surface area contributed by atoms with Crippen LogP contribution in [0.1, 0.15) is 27.7 Å². The minimum absolute atomic E-state index is 0.0506. The van der Waals surface area contributed by atoms with Gasteiger partial charge in [0.2, 0.25) is 0 Å². The lowest BCUT2D eigenvalue weighted by Crippen LogP contribution is -2.55. The molecule has 7 nitrogen and oxygen atoms in total. The number of pyridine rings is 1. The molecule has 2 aromatic heterocycles. The summed E-state index contributed by atoms with van der Waals surface area (Å²) in [4.78, 5) is 29.2. The zero-order chi connectivity index (χ0) is 19.1. The quantitative estimate of drug-likeness (QED) is 0.728. The second kappa shape index (κ2) is 7.04. The number of ether oxygens (including phenoxy) is 1. The van der Waals surface area contributed by atoms with Gasteiger partial charge in [0.25, 0.3) is 0 Å². The summed E-state index contributed by atoms with van der Waals surface area (Å²) in [6.45, 7) is 9.21. The molecule has 0 radical (unpaired) electrons. The van der Waals surface area contributed by atoms with Crippen molar-refractivity contribution in [1.82, 2.24) is 19.9 Å². The van der Waals surface area contributed by atoms with E-state index in [0.717, 1.165) is 0 Å². The monoisotopic (exact) mass is 397 g/mol. The summed E-state index contributed by atoms with van der Waals surface area (Å²) < 4.78 is 5.47. The molecule has 1 fully saturated rings. The predicted molar refractivity (Wildman–Crippen MR) is 102 cm³/mol. The number of anilines is 1. The van der Waals surface area contributed by atoms with E-state index in [1.165, 1.54) is 6.20 Å². The number of piperazine rings is 1. The van der Waals surface area contributed by atoms with E-state index in [1.54, 1.807) is 11.0 Å². The predicted octanol–water partition coefficient (Wildman–Crippen LogP) is 3.78. The lowest BCUT2D eigenvalue weighted by molar-refractivity contribution is 0.0158. The van der Waals surface area contributed by atoms with Gasteiger partial charge in [-0.25, -0.2) is 19.7 Å². The Bertz CT molecular complexity index is 840. The maximum absolute atomic E-state index is 12.3. The molecule has 0 spiro atoms. The third kappa shape index (κ3) is 4.10. The number of carbonyl (C=O) groups is 1. The molecule has 0 unspecified atom stereocenters. The van der Waals surface area contributed by atoms with Crippen molar-refractivity contribution >= 4 is 46.3 Å². The topological polar surface area (TPSA) is 71.5 Å². The summed E-state index contributed by atoms with van der Waals surface area (Å²) in [5.74, 6) is 0.560. The van der Waals surface area contributed by atoms with E-state index in [1.807, 2.05) is 32.6 Å². The number of hydrogen-bond donors (Lipinski definition) is 0. The fourth-order valence-electron chi connectivity index (χ4n) is 2.83. The van der Waals surface area contributed by atoms with Crippen molar-refractivity contribution in [3.63, 3.8) is 0 Å². The number of amides is 1. The molecule has 1 saturated heterocycles. The first-order chi connectivity index (χ1) is 12.1. The number of carbonyl (C=O) groups excluding carboxylic acids is 1. The van der Waals surface area contributed by atoms with Crippen molar-refractivity contribution < 1.29 is 9.53 Å². The Morgan fingerprint density at radius 3 is 2.65 bits per heavy atom. The molecule has 3 heterocycles. The van der Waals surface area contributed by atoms with Crippen LogP contribution in [0.15, 0.2) is 12.3 Å². The molecule has 0 bridgehead atoms. The second-order valence-corrected chi connectivity index (χ2v) is 8.10. The van der Waals surface area contributed by atoms with Gasteiger partial charge in [0.15, 0.2) is 16.6 Å². The molecule has 0 aromatic carbocycles. The molecule has 26 heavy (non-hydrogen) atoms. The van der Waals surface area contributed by atoms with Gasteiger partial charge in [-0.15, -0.1) is 0 Å². The number of hydrogen-bond acceptors (Lipinski definition) is 6. The van der Waals surface area contributed by atoms with E-state index in [4.69, 9.17) is 27.9 Å². The summed E-state index contributed by atoms with van der Waals surface area (Å²) in [7, 11) is 0. The molecular formula is C17H21Cl2N5O2. The number of aromatic nitrogens is 3. The SMILES string of the molecule is C[C@H]1CN(c2nc3ncc(Cl)cc3nc2Cl)CCN1C(=O)OC(C)(C)C. The summed E-state index contributed by atoms with van der Waals surface area (Å²) in [6, 6.07) is 1.63. The van der Waals surface area contributed by atoms with Crippen LogP contribution in [0.4, 0.5) is 10.6 Å². The van der Waals surface area contributed by atoms with Crippen LogP contribution < -0.4 is 4.90 Å². The summed E-state index contributed by atoms with van der Waals surface area (Å²) in [5, 5.41) is 0.773. The largest absolute Gasteiger partial charge is 0.444 e. The fourth-order valence-corrected chi connectivity index (χ4v) is 3.24. The average Bonchev–Trinajstić information content (AvgIpc) is 2.52. The molecule has 1 amide bonds. The van der Waals surface area contributed by atoms with E-state index in [2.05, 4.69) is 15.0 Å². The van der Waals surface area contributed by atoms with Crippen LogP contribution in [-0.4, -0.2) is 57.2 Å². The molecule has 2 aromatic rings. The molecule has 9 heteroatoms. The summed E-state index contributed by atoms with van der Waals surface area (Å²) >= 11 is 12.3. The van der Waals surface area contributed by atoms with Gasteiger partial charge in [-0.1, -0.05) is 23.2 Å². The minimum Gasteiger partial charge on any atom is -0.444 e. The molecule has 1 aliphatic rings. The van der Waals surface area contributed by atoms with E-state index in [9.17, 15) is 4.79 Å². The fraction of sp³-hybridized carbons (Fsp3) is 0.529. The zero-order valence-electron chi connectivity index (χ0n) is 15.2. The Morgan fingerprint density at radius 2 is 2.00 bits per heavy atom. The van der Waals surface area contributed by atoms with Crippen LogP contribution in [-0.2, 0) is 4.74 Å². The van der Waals surface area contributed by atoms with Crippen molar-refractivity contribution in [2.45, 2.75) is 39.3 Å². The van der Waals surface area contributed by atoms with Gasteiger partial charge in [-0.3, -0.25) is 0 Å². The number of rotatable bonds is 1. The third-order valence-corrected chi connectivity index (χ3v) is 4.44. The summed E-state index contributed by atoms with van der Waals surface area (Å²) in [6.07, 6.45) is 1.22. The smallest absolute Gasteiger partial charge is 0.410 e. The van der Waals surface area contributed by atoms with Gasteiger partial charge in [0.1, 0.15) is 11.1 Å². The minimum atomic E-state index is -0.520. The van der Waals surface area contributed by atoms with Crippen molar-refractivity contribution in [2.24, 2.45) is 0 Å². The Labute approximate surface area is 162 Å². The number of fused-ring (bicyclic) bond motifs is 1. The first-order valence-corrected chi connectivity index (χ1v) is 9.13. The van der Waals surface area contributed by atoms with Gasteiger partial charge in [0, 0.05) is 31.9 Å². The van der Waals surface area contributed by atoms with Crippen molar-refractivity contribution in [3.8, 4) is 0 Å². The van der Waals surface area contributed by atoms with Gasteiger partial charge in [-0.2, -0.15) is 0 Å². The zero-order valence-corrected chi connectivity index (χ0v) is 16.7. The molecule has 0 aliphatic carbocycles. The van der Waals surface area contributed by atoms with Gasteiger partial charge >= 0.3 is 6.09 Å². The molecule has 3 rings (SSSR count). The van der Waals surface area contributed by atoms with Crippen LogP contribution in [0, 0.1) is 0 Å². The molecule has 1 aliphatic heterocycles. The maximum atomic E-state index is 12.3.